The number of sulfone groups is 1. The van der Waals surface area contributed by atoms with Gasteiger partial charge in [0.05, 0.1) is 9.79 Å². The summed E-state index contributed by atoms with van der Waals surface area (Å²) in [6, 6.07) is 7.96. The molecular weight excluding hydrogens is 356 g/mol. The molecular formula is C18H18F4O2S. The van der Waals surface area contributed by atoms with Crippen LogP contribution >= 0.6 is 0 Å². The SMILES string of the molecule is Cc1cc(F)ccc1S(=O)(=O)c1ccc(CCCC(F)(F)F)cc1C. The summed E-state index contributed by atoms with van der Waals surface area (Å²) in [4.78, 5) is 0.0867. The zero-order valence-corrected chi connectivity index (χ0v) is 14.6. The van der Waals surface area contributed by atoms with E-state index in [9.17, 15) is 26.0 Å². The average molecular weight is 374 g/mol. The Labute approximate surface area is 144 Å². The molecule has 0 aliphatic rings. The van der Waals surface area contributed by atoms with Crippen molar-refractivity contribution in [2.24, 2.45) is 0 Å². The molecule has 136 valence electrons. The number of alkyl halides is 3. The maximum absolute atomic E-state index is 13.2. The van der Waals surface area contributed by atoms with Crippen LogP contribution < -0.4 is 0 Å². The van der Waals surface area contributed by atoms with E-state index in [1.54, 1.807) is 13.0 Å². The second-order valence-electron chi connectivity index (χ2n) is 5.98. The lowest BCUT2D eigenvalue weighted by atomic mass is 10.1. The predicted octanol–water partition coefficient (Wildman–Crippen LogP) is 5.16. The molecule has 25 heavy (non-hydrogen) atoms. The van der Waals surface area contributed by atoms with Gasteiger partial charge in [0.2, 0.25) is 9.84 Å². The molecule has 7 heteroatoms. The Morgan fingerprint density at radius 1 is 0.920 bits per heavy atom. The highest BCUT2D eigenvalue weighted by atomic mass is 32.2. The fourth-order valence-corrected chi connectivity index (χ4v) is 4.39. The van der Waals surface area contributed by atoms with Crippen molar-refractivity contribution in [3.63, 3.8) is 0 Å². The van der Waals surface area contributed by atoms with Crippen LogP contribution in [0, 0.1) is 19.7 Å². The third kappa shape index (κ3) is 4.81. The van der Waals surface area contributed by atoms with Gasteiger partial charge in [0.1, 0.15) is 5.82 Å². The van der Waals surface area contributed by atoms with E-state index in [0.29, 0.717) is 16.7 Å². The monoisotopic (exact) mass is 374 g/mol. The van der Waals surface area contributed by atoms with Crippen molar-refractivity contribution < 1.29 is 26.0 Å². The lowest BCUT2D eigenvalue weighted by Crippen LogP contribution is -2.08. The molecule has 0 N–H and O–H groups in total. The molecule has 0 aliphatic heterocycles. The molecule has 0 saturated heterocycles. The van der Waals surface area contributed by atoms with Crippen molar-refractivity contribution in [1.29, 1.82) is 0 Å². The average Bonchev–Trinajstić information content (AvgIpc) is 2.45. The van der Waals surface area contributed by atoms with Crippen LogP contribution in [0.15, 0.2) is 46.2 Å². The van der Waals surface area contributed by atoms with Crippen molar-refractivity contribution in [3.8, 4) is 0 Å². The highest BCUT2D eigenvalue weighted by Crippen LogP contribution is 2.28. The Morgan fingerprint density at radius 2 is 1.48 bits per heavy atom. The van der Waals surface area contributed by atoms with Crippen molar-refractivity contribution in [2.75, 3.05) is 0 Å². The van der Waals surface area contributed by atoms with Crippen molar-refractivity contribution in [2.45, 2.75) is 49.1 Å². The molecule has 0 aliphatic carbocycles. The summed E-state index contributed by atoms with van der Waals surface area (Å²) >= 11 is 0. The molecule has 2 nitrogen and oxygen atoms in total. The standard InChI is InChI=1S/C18H18F4O2S/c1-12-10-14(4-3-9-18(20,21)22)5-7-16(12)25(23,24)17-8-6-15(19)11-13(17)2/h5-8,10-11H,3-4,9H2,1-2H3. The van der Waals surface area contributed by atoms with E-state index in [4.69, 9.17) is 0 Å². The molecule has 0 fully saturated rings. The summed E-state index contributed by atoms with van der Waals surface area (Å²) < 4.78 is 75.4. The molecule has 2 aromatic rings. The molecule has 2 rings (SSSR count). The Balaban J connectivity index is 2.28. The van der Waals surface area contributed by atoms with Gasteiger partial charge in [0, 0.05) is 6.42 Å². The quantitative estimate of drug-likeness (QED) is 0.535. The number of hydrogen-bond donors (Lipinski definition) is 0. The van der Waals surface area contributed by atoms with Crippen LogP contribution in [0.5, 0.6) is 0 Å². The van der Waals surface area contributed by atoms with E-state index in [0.717, 1.165) is 12.1 Å². The topological polar surface area (TPSA) is 34.1 Å². The zero-order valence-electron chi connectivity index (χ0n) is 13.8. The first-order valence-corrected chi connectivity index (χ1v) is 9.16. The lowest BCUT2D eigenvalue weighted by Gasteiger charge is -2.12. The Bertz CT molecular complexity index is 871. The van der Waals surface area contributed by atoms with Gasteiger partial charge in [-0.1, -0.05) is 12.1 Å². The van der Waals surface area contributed by atoms with Crippen LogP contribution in [-0.4, -0.2) is 14.6 Å². The minimum Gasteiger partial charge on any atom is -0.218 e. The minimum atomic E-state index is -4.20. The molecule has 0 radical (unpaired) electrons. The first-order chi connectivity index (χ1) is 11.5. The number of rotatable bonds is 5. The molecule has 0 amide bonds. The number of hydrogen-bond acceptors (Lipinski definition) is 2. The van der Waals surface area contributed by atoms with E-state index in [1.807, 2.05) is 0 Å². The fourth-order valence-electron chi connectivity index (χ4n) is 2.69. The van der Waals surface area contributed by atoms with Gasteiger partial charge < -0.3 is 0 Å². The van der Waals surface area contributed by atoms with E-state index in [1.165, 1.54) is 25.1 Å². The Hall–Kier alpha value is -1.89. The third-order valence-corrected chi connectivity index (χ3v) is 5.96. The maximum atomic E-state index is 13.2. The molecule has 0 unspecified atom stereocenters. The van der Waals surface area contributed by atoms with Crippen LogP contribution in [0.3, 0.4) is 0 Å². The van der Waals surface area contributed by atoms with Crippen LogP contribution in [0.4, 0.5) is 17.6 Å². The highest BCUT2D eigenvalue weighted by Gasteiger charge is 2.26. The number of benzene rings is 2. The normalized spacial score (nSPS) is 12.4. The van der Waals surface area contributed by atoms with Crippen molar-refractivity contribution >= 4 is 9.84 Å². The van der Waals surface area contributed by atoms with Crippen LogP contribution in [-0.2, 0) is 16.3 Å². The molecule has 0 spiro atoms. The van der Waals surface area contributed by atoms with E-state index in [-0.39, 0.29) is 22.6 Å². The molecule has 0 aromatic heterocycles. The van der Waals surface area contributed by atoms with E-state index < -0.39 is 28.3 Å². The number of aryl methyl sites for hydroxylation is 3. The fraction of sp³-hybridized carbons (Fsp3) is 0.333. The first-order valence-electron chi connectivity index (χ1n) is 7.68. The first kappa shape index (κ1) is 19.4. The smallest absolute Gasteiger partial charge is 0.218 e. The summed E-state index contributed by atoms with van der Waals surface area (Å²) in [6.07, 6.45) is -4.90. The summed E-state index contributed by atoms with van der Waals surface area (Å²) in [5.41, 5.74) is 1.40. The third-order valence-electron chi connectivity index (χ3n) is 3.88. The van der Waals surface area contributed by atoms with Gasteiger partial charge in [-0.15, -0.1) is 0 Å². The summed E-state index contributed by atoms with van der Waals surface area (Å²) in [7, 11) is -3.82. The highest BCUT2D eigenvalue weighted by molar-refractivity contribution is 7.91. The van der Waals surface area contributed by atoms with Crippen LogP contribution in [0.2, 0.25) is 0 Å². The summed E-state index contributed by atoms with van der Waals surface area (Å²) in [6.45, 7) is 3.11. The molecule has 0 atom stereocenters. The molecule has 2 aromatic carbocycles. The van der Waals surface area contributed by atoms with Crippen LogP contribution in [0.25, 0.3) is 0 Å². The summed E-state index contributed by atoms with van der Waals surface area (Å²) in [5, 5.41) is 0. The largest absolute Gasteiger partial charge is 0.389 e. The van der Waals surface area contributed by atoms with E-state index >= 15 is 0 Å². The lowest BCUT2D eigenvalue weighted by molar-refractivity contribution is -0.135. The van der Waals surface area contributed by atoms with Gasteiger partial charge in [-0.3, -0.25) is 0 Å². The molecule has 0 heterocycles. The second kappa shape index (κ2) is 7.15. The van der Waals surface area contributed by atoms with Gasteiger partial charge in [0.15, 0.2) is 0 Å². The Kier molecular flexibility index (Phi) is 5.56. The molecule has 0 saturated carbocycles. The Morgan fingerprint density at radius 3 is 2.00 bits per heavy atom. The molecule has 0 bridgehead atoms. The summed E-state index contributed by atoms with van der Waals surface area (Å²) in [5.74, 6) is -0.520. The van der Waals surface area contributed by atoms with Gasteiger partial charge in [-0.25, -0.2) is 12.8 Å². The van der Waals surface area contributed by atoms with Crippen LogP contribution in [0.1, 0.15) is 29.5 Å². The van der Waals surface area contributed by atoms with Crippen molar-refractivity contribution in [1.82, 2.24) is 0 Å². The van der Waals surface area contributed by atoms with Gasteiger partial charge >= 0.3 is 6.18 Å². The van der Waals surface area contributed by atoms with E-state index in [2.05, 4.69) is 0 Å². The van der Waals surface area contributed by atoms with Crippen molar-refractivity contribution in [3.05, 3.63) is 58.9 Å². The predicted molar refractivity (Wildman–Crippen MR) is 86.8 cm³/mol. The maximum Gasteiger partial charge on any atom is 0.389 e. The van der Waals surface area contributed by atoms with Gasteiger partial charge in [-0.2, -0.15) is 13.2 Å². The number of halogens is 4. The van der Waals surface area contributed by atoms with Gasteiger partial charge in [-0.05, 0) is 67.6 Å². The minimum absolute atomic E-state index is 0.0156. The zero-order chi connectivity index (χ0) is 18.8. The second-order valence-corrected chi connectivity index (χ2v) is 7.87. The van der Waals surface area contributed by atoms with Gasteiger partial charge in [0.25, 0.3) is 0 Å².